The Bertz CT molecular complexity index is 565. The van der Waals surface area contributed by atoms with Gasteiger partial charge in [0.1, 0.15) is 6.61 Å². The third kappa shape index (κ3) is 5.06. The molecule has 1 atom stereocenters. The Morgan fingerprint density at radius 3 is 2.58 bits per heavy atom. The highest BCUT2D eigenvalue weighted by molar-refractivity contribution is 5.78. The summed E-state index contributed by atoms with van der Waals surface area (Å²) in [4.78, 5) is 25.9. The molecule has 1 aliphatic rings. The molecular formula is C19H28N2O3. The van der Waals surface area contributed by atoms with Crippen LogP contribution in [0.4, 0.5) is 0 Å². The van der Waals surface area contributed by atoms with Crippen molar-refractivity contribution < 1.29 is 14.3 Å². The zero-order valence-electron chi connectivity index (χ0n) is 14.9. The summed E-state index contributed by atoms with van der Waals surface area (Å²) in [5.74, 6) is 0.317. The molecule has 2 rings (SSSR count). The minimum Gasteiger partial charge on any atom is -0.375 e. The van der Waals surface area contributed by atoms with Crippen LogP contribution >= 0.6 is 0 Å². The molecule has 0 aliphatic carbocycles. The second-order valence-electron chi connectivity index (χ2n) is 6.62. The third-order valence-electron chi connectivity index (χ3n) is 4.69. The fourth-order valence-corrected chi connectivity index (χ4v) is 3.30. The lowest BCUT2D eigenvalue weighted by Gasteiger charge is -2.32. The standard InChI is InChI=1S/C19H28N2O3/c1-14-6-4-5-7-17(14)15(2)12-18(22)20-16-8-10-21(11-9-16)19(23)13-24-3/h4-7,15-16H,8-13H2,1-3H3,(H,20,22)/t15-/m0/s1. The van der Waals surface area contributed by atoms with Crippen LogP contribution in [0.3, 0.4) is 0 Å². The summed E-state index contributed by atoms with van der Waals surface area (Å²) in [6, 6.07) is 8.37. The van der Waals surface area contributed by atoms with Crippen molar-refractivity contribution in [3.63, 3.8) is 0 Å². The predicted molar refractivity (Wildman–Crippen MR) is 93.8 cm³/mol. The van der Waals surface area contributed by atoms with Crippen LogP contribution in [0.5, 0.6) is 0 Å². The number of amides is 2. The number of carbonyl (C=O) groups is 2. The Kier molecular flexibility index (Phi) is 6.79. The van der Waals surface area contributed by atoms with E-state index in [0.29, 0.717) is 19.5 Å². The molecule has 0 aromatic heterocycles. The first kappa shape index (κ1) is 18.5. The van der Waals surface area contributed by atoms with Crippen molar-refractivity contribution in [2.75, 3.05) is 26.8 Å². The SMILES string of the molecule is COCC(=O)N1CCC(NC(=O)C[C@H](C)c2ccccc2C)CC1. The molecule has 24 heavy (non-hydrogen) atoms. The van der Waals surface area contributed by atoms with Crippen molar-refractivity contribution in [2.45, 2.75) is 45.1 Å². The smallest absolute Gasteiger partial charge is 0.248 e. The first-order chi connectivity index (χ1) is 11.5. The molecule has 0 spiro atoms. The number of hydrogen-bond donors (Lipinski definition) is 1. The largest absolute Gasteiger partial charge is 0.375 e. The van der Waals surface area contributed by atoms with Crippen LogP contribution in [-0.2, 0) is 14.3 Å². The van der Waals surface area contributed by atoms with E-state index in [4.69, 9.17) is 4.74 Å². The zero-order valence-corrected chi connectivity index (χ0v) is 14.9. The highest BCUT2D eigenvalue weighted by atomic mass is 16.5. The van der Waals surface area contributed by atoms with Gasteiger partial charge in [-0.2, -0.15) is 0 Å². The maximum absolute atomic E-state index is 12.3. The van der Waals surface area contributed by atoms with Gasteiger partial charge in [-0.15, -0.1) is 0 Å². The molecule has 1 aromatic rings. The van der Waals surface area contributed by atoms with E-state index in [1.54, 1.807) is 0 Å². The minimum absolute atomic E-state index is 0.0236. The van der Waals surface area contributed by atoms with Crippen molar-refractivity contribution >= 4 is 11.8 Å². The lowest BCUT2D eigenvalue weighted by atomic mass is 9.93. The van der Waals surface area contributed by atoms with Crippen LogP contribution in [0.1, 0.15) is 43.2 Å². The van der Waals surface area contributed by atoms with E-state index in [2.05, 4.69) is 31.3 Å². The van der Waals surface area contributed by atoms with E-state index in [1.807, 2.05) is 17.0 Å². The number of piperidine rings is 1. The van der Waals surface area contributed by atoms with Gasteiger partial charge < -0.3 is 15.0 Å². The van der Waals surface area contributed by atoms with Gasteiger partial charge >= 0.3 is 0 Å². The van der Waals surface area contributed by atoms with E-state index in [-0.39, 0.29) is 30.4 Å². The summed E-state index contributed by atoms with van der Waals surface area (Å²) in [5, 5.41) is 3.12. The van der Waals surface area contributed by atoms with Gasteiger partial charge in [-0.05, 0) is 36.8 Å². The molecule has 1 heterocycles. The molecule has 5 nitrogen and oxygen atoms in total. The number of benzene rings is 1. The van der Waals surface area contributed by atoms with E-state index in [9.17, 15) is 9.59 Å². The molecule has 0 saturated carbocycles. The Hall–Kier alpha value is -1.88. The second kappa shape index (κ2) is 8.83. The molecule has 0 radical (unpaired) electrons. The minimum atomic E-state index is 0.0236. The molecule has 1 N–H and O–H groups in total. The average Bonchev–Trinajstić information content (AvgIpc) is 2.56. The van der Waals surface area contributed by atoms with E-state index >= 15 is 0 Å². The molecule has 1 fully saturated rings. The molecule has 1 saturated heterocycles. The van der Waals surface area contributed by atoms with Crippen molar-refractivity contribution in [3.8, 4) is 0 Å². The molecular weight excluding hydrogens is 304 g/mol. The normalized spacial score (nSPS) is 16.7. The van der Waals surface area contributed by atoms with Gasteiger partial charge in [0.15, 0.2) is 0 Å². The third-order valence-corrected chi connectivity index (χ3v) is 4.69. The monoisotopic (exact) mass is 332 g/mol. The Balaban J connectivity index is 1.77. The summed E-state index contributed by atoms with van der Waals surface area (Å²) in [6.07, 6.45) is 2.10. The number of carbonyl (C=O) groups excluding carboxylic acids is 2. The average molecular weight is 332 g/mol. The van der Waals surface area contributed by atoms with Crippen LogP contribution in [0, 0.1) is 6.92 Å². The van der Waals surface area contributed by atoms with Gasteiger partial charge in [0.2, 0.25) is 11.8 Å². The fourth-order valence-electron chi connectivity index (χ4n) is 3.30. The van der Waals surface area contributed by atoms with Crippen molar-refractivity contribution in [1.29, 1.82) is 0 Å². The summed E-state index contributed by atoms with van der Waals surface area (Å²) in [6.45, 7) is 5.66. The maximum Gasteiger partial charge on any atom is 0.248 e. The van der Waals surface area contributed by atoms with E-state index in [1.165, 1.54) is 18.2 Å². The lowest BCUT2D eigenvalue weighted by Crippen LogP contribution is -2.47. The number of nitrogens with one attached hydrogen (secondary N) is 1. The highest BCUT2D eigenvalue weighted by Gasteiger charge is 2.24. The van der Waals surface area contributed by atoms with Gasteiger partial charge in [-0.3, -0.25) is 9.59 Å². The van der Waals surface area contributed by atoms with E-state index < -0.39 is 0 Å². The first-order valence-corrected chi connectivity index (χ1v) is 8.63. The van der Waals surface area contributed by atoms with Crippen LogP contribution in [0.2, 0.25) is 0 Å². The maximum atomic E-state index is 12.3. The Morgan fingerprint density at radius 1 is 1.29 bits per heavy atom. The first-order valence-electron chi connectivity index (χ1n) is 8.63. The molecule has 0 unspecified atom stereocenters. The van der Waals surface area contributed by atoms with Crippen molar-refractivity contribution in [3.05, 3.63) is 35.4 Å². The number of aryl methyl sites for hydroxylation is 1. The summed E-state index contributed by atoms with van der Waals surface area (Å²) in [7, 11) is 1.53. The Labute approximate surface area is 144 Å². The number of likely N-dealkylation sites (tertiary alicyclic amines) is 1. The molecule has 0 bridgehead atoms. The van der Waals surface area contributed by atoms with Gasteiger partial charge in [-0.1, -0.05) is 31.2 Å². The molecule has 2 amide bonds. The number of methoxy groups -OCH3 is 1. The molecule has 5 heteroatoms. The molecule has 132 valence electrons. The van der Waals surface area contributed by atoms with Gasteiger partial charge in [-0.25, -0.2) is 0 Å². The number of hydrogen-bond acceptors (Lipinski definition) is 3. The van der Waals surface area contributed by atoms with Gasteiger partial charge in [0, 0.05) is 32.7 Å². The topological polar surface area (TPSA) is 58.6 Å². The summed E-state index contributed by atoms with van der Waals surface area (Å²) >= 11 is 0. The van der Waals surface area contributed by atoms with Crippen LogP contribution < -0.4 is 5.32 Å². The summed E-state index contributed by atoms with van der Waals surface area (Å²) < 4.78 is 4.88. The molecule has 1 aliphatic heterocycles. The Morgan fingerprint density at radius 2 is 1.96 bits per heavy atom. The molecule has 1 aromatic carbocycles. The van der Waals surface area contributed by atoms with Crippen LogP contribution in [0.25, 0.3) is 0 Å². The predicted octanol–water partition coefficient (Wildman–Crippen LogP) is 2.24. The number of ether oxygens (including phenoxy) is 1. The van der Waals surface area contributed by atoms with Crippen molar-refractivity contribution in [1.82, 2.24) is 10.2 Å². The zero-order chi connectivity index (χ0) is 17.5. The lowest BCUT2D eigenvalue weighted by molar-refractivity contribution is -0.136. The van der Waals surface area contributed by atoms with Crippen LogP contribution in [-0.4, -0.2) is 49.6 Å². The van der Waals surface area contributed by atoms with Crippen LogP contribution in [0.15, 0.2) is 24.3 Å². The second-order valence-corrected chi connectivity index (χ2v) is 6.62. The number of rotatable bonds is 6. The van der Waals surface area contributed by atoms with Gasteiger partial charge in [0.05, 0.1) is 0 Å². The van der Waals surface area contributed by atoms with E-state index in [0.717, 1.165) is 12.8 Å². The highest BCUT2D eigenvalue weighted by Crippen LogP contribution is 2.22. The quantitative estimate of drug-likeness (QED) is 0.869. The fraction of sp³-hybridized carbons (Fsp3) is 0.579. The summed E-state index contributed by atoms with van der Waals surface area (Å²) in [5.41, 5.74) is 2.45. The van der Waals surface area contributed by atoms with Crippen molar-refractivity contribution in [2.24, 2.45) is 0 Å². The van der Waals surface area contributed by atoms with Gasteiger partial charge in [0.25, 0.3) is 0 Å². The number of nitrogens with zero attached hydrogens (tertiary/aromatic N) is 1.